The molecule has 0 spiro atoms. The highest BCUT2D eigenvalue weighted by molar-refractivity contribution is 7.92. The van der Waals surface area contributed by atoms with Crippen molar-refractivity contribution in [2.75, 3.05) is 4.72 Å². The lowest BCUT2D eigenvalue weighted by Crippen LogP contribution is -2.16. The fraction of sp³-hybridized carbons (Fsp3) is 0.182. The summed E-state index contributed by atoms with van der Waals surface area (Å²) in [5.74, 6) is 0.146. The molecule has 0 unspecified atom stereocenters. The molecule has 2 aromatic heterocycles. The SMILES string of the molecule is Cc1ccc(S(=O)(=O)Nc2cc(C(C)(C)F)nn2-c2cccc3ncccc23)cc1. The number of aromatic nitrogens is 3. The second kappa shape index (κ2) is 7.21. The Balaban J connectivity index is 1.87. The van der Waals surface area contributed by atoms with Crippen molar-refractivity contribution in [1.29, 1.82) is 0 Å². The molecule has 4 rings (SSSR count). The predicted octanol–water partition coefficient (Wildman–Crippen LogP) is 4.73. The van der Waals surface area contributed by atoms with Crippen LogP contribution in [0.1, 0.15) is 25.1 Å². The largest absolute Gasteiger partial charge is 0.263 e. The quantitative estimate of drug-likeness (QED) is 0.502. The molecule has 0 saturated heterocycles. The van der Waals surface area contributed by atoms with Gasteiger partial charge in [-0.25, -0.2) is 17.5 Å². The standard InChI is InChI=1S/C22H21FN4O2S/c1-15-9-11-16(12-10-15)30(28,29)26-21-14-20(22(2,3)23)25-27(21)19-8-4-7-18-17(19)6-5-13-24-18/h4-14,26H,1-3H3. The van der Waals surface area contributed by atoms with Crippen LogP contribution < -0.4 is 4.72 Å². The molecule has 2 aromatic carbocycles. The van der Waals surface area contributed by atoms with E-state index in [-0.39, 0.29) is 16.4 Å². The van der Waals surface area contributed by atoms with Crippen molar-refractivity contribution >= 4 is 26.7 Å². The summed E-state index contributed by atoms with van der Waals surface area (Å²) in [5, 5.41) is 5.15. The minimum Gasteiger partial charge on any atom is -0.263 e. The van der Waals surface area contributed by atoms with E-state index >= 15 is 0 Å². The Morgan fingerprint density at radius 1 is 1.03 bits per heavy atom. The van der Waals surface area contributed by atoms with Crippen LogP contribution >= 0.6 is 0 Å². The van der Waals surface area contributed by atoms with Crippen molar-refractivity contribution in [2.45, 2.75) is 31.3 Å². The summed E-state index contributed by atoms with van der Waals surface area (Å²) in [6, 6.07) is 17.0. The van der Waals surface area contributed by atoms with Crippen molar-refractivity contribution in [2.24, 2.45) is 0 Å². The maximum atomic E-state index is 14.7. The highest BCUT2D eigenvalue weighted by Crippen LogP contribution is 2.31. The highest BCUT2D eigenvalue weighted by Gasteiger charge is 2.27. The van der Waals surface area contributed by atoms with Gasteiger partial charge in [-0.05, 0) is 57.2 Å². The number of hydrogen-bond acceptors (Lipinski definition) is 4. The zero-order valence-electron chi connectivity index (χ0n) is 16.8. The first kappa shape index (κ1) is 20.0. The first-order valence-electron chi connectivity index (χ1n) is 9.38. The molecule has 0 radical (unpaired) electrons. The Kier molecular flexibility index (Phi) is 4.82. The van der Waals surface area contributed by atoms with Gasteiger partial charge in [0.25, 0.3) is 10.0 Å². The van der Waals surface area contributed by atoms with Crippen molar-refractivity contribution in [1.82, 2.24) is 14.8 Å². The number of alkyl halides is 1. The summed E-state index contributed by atoms with van der Waals surface area (Å²) in [7, 11) is -3.89. The molecule has 154 valence electrons. The van der Waals surface area contributed by atoms with Gasteiger partial charge in [-0.1, -0.05) is 23.8 Å². The van der Waals surface area contributed by atoms with Gasteiger partial charge in [-0.15, -0.1) is 0 Å². The average Bonchev–Trinajstić information content (AvgIpc) is 3.11. The molecule has 4 aromatic rings. The van der Waals surface area contributed by atoms with Crippen LogP contribution in [0.4, 0.5) is 10.2 Å². The average molecular weight is 425 g/mol. The Hall–Kier alpha value is -3.26. The Morgan fingerprint density at radius 2 is 1.77 bits per heavy atom. The Labute approximate surface area is 174 Å². The molecule has 0 saturated carbocycles. The van der Waals surface area contributed by atoms with Crippen LogP contribution in [0.25, 0.3) is 16.6 Å². The summed E-state index contributed by atoms with van der Waals surface area (Å²) in [5.41, 5.74) is 0.628. The van der Waals surface area contributed by atoms with E-state index in [0.29, 0.717) is 5.69 Å². The third-order valence-electron chi connectivity index (χ3n) is 4.74. The van der Waals surface area contributed by atoms with Gasteiger partial charge in [0, 0.05) is 17.6 Å². The number of hydrogen-bond donors (Lipinski definition) is 1. The van der Waals surface area contributed by atoms with Gasteiger partial charge >= 0.3 is 0 Å². The molecule has 0 aliphatic carbocycles. The predicted molar refractivity (Wildman–Crippen MR) is 115 cm³/mol. The second-order valence-electron chi connectivity index (χ2n) is 7.56. The molecule has 0 aliphatic heterocycles. The van der Waals surface area contributed by atoms with Crippen molar-refractivity contribution in [3.8, 4) is 5.69 Å². The number of nitrogens with one attached hydrogen (secondary N) is 1. The molecule has 6 nitrogen and oxygen atoms in total. The van der Waals surface area contributed by atoms with Gasteiger partial charge in [0.2, 0.25) is 0 Å². The van der Waals surface area contributed by atoms with Gasteiger partial charge in [0.15, 0.2) is 0 Å². The topological polar surface area (TPSA) is 76.9 Å². The fourth-order valence-electron chi connectivity index (χ4n) is 3.11. The summed E-state index contributed by atoms with van der Waals surface area (Å²) in [4.78, 5) is 4.44. The smallest absolute Gasteiger partial charge is 0.263 e. The number of pyridine rings is 1. The van der Waals surface area contributed by atoms with E-state index in [1.165, 1.54) is 36.7 Å². The van der Waals surface area contributed by atoms with Crippen molar-refractivity contribution in [3.63, 3.8) is 0 Å². The lowest BCUT2D eigenvalue weighted by Gasteiger charge is -2.12. The Bertz CT molecular complexity index is 1320. The van der Waals surface area contributed by atoms with Gasteiger partial charge in [-0.3, -0.25) is 9.71 Å². The van der Waals surface area contributed by atoms with Crippen molar-refractivity contribution in [3.05, 3.63) is 78.1 Å². The van der Waals surface area contributed by atoms with Crippen LogP contribution in [-0.2, 0) is 15.7 Å². The van der Waals surface area contributed by atoms with E-state index in [4.69, 9.17) is 0 Å². The molecule has 0 amide bonds. The number of sulfonamides is 1. The molecule has 0 bridgehead atoms. The molecule has 0 fully saturated rings. The summed E-state index contributed by atoms with van der Waals surface area (Å²) < 4.78 is 44.6. The van der Waals surface area contributed by atoms with E-state index in [0.717, 1.165) is 16.5 Å². The minimum absolute atomic E-state index is 0.112. The zero-order chi connectivity index (χ0) is 21.5. The molecule has 0 atom stereocenters. The van der Waals surface area contributed by atoms with Gasteiger partial charge in [0.05, 0.1) is 16.1 Å². The number of halogens is 1. The Morgan fingerprint density at radius 3 is 2.47 bits per heavy atom. The molecular formula is C22H21FN4O2S. The van der Waals surface area contributed by atoms with E-state index in [2.05, 4.69) is 14.8 Å². The molecule has 2 heterocycles. The number of aryl methyl sites for hydroxylation is 1. The lowest BCUT2D eigenvalue weighted by molar-refractivity contribution is 0.213. The normalized spacial score (nSPS) is 12.3. The lowest BCUT2D eigenvalue weighted by atomic mass is 10.1. The summed E-state index contributed by atoms with van der Waals surface area (Å²) >= 11 is 0. The third-order valence-corrected chi connectivity index (χ3v) is 6.11. The second-order valence-corrected chi connectivity index (χ2v) is 9.25. The summed E-state index contributed by atoms with van der Waals surface area (Å²) in [6.45, 7) is 4.63. The first-order valence-corrected chi connectivity index (χ1v) is 10.9. The molecular weight excluding hydrogens is 403 g/mol. The van der Waals surface area contributed by atoms with Crippen LogP contribution in [0.3, 0.4) is 0 Å². The monoisotopic (exact) mass is 424 g/mol. The number of benzene rings is 2. The van der Waals surface area contributed by atoms with Gasteiger partial charge < -0.3 is 0 Å². The molecule has 1 N–H and O–H groups in total. The van der Waals surface area contributed by atoms with Crippen LogP contribution in [-0.4, -0.2) is 23.2 Å². The fourth-order valence-corrected chi connectivity index (χ4v) is 4.15. The molecule has 0 aliphatic rings. The van der Waals surface area contributed by atoms with E-state index in [9.17, 15) is 12.8 Å². The third kappa shape index (κ3) is 3.78. The highest BCUT2D eigenvalue weighted by atomic mass is 32.2. The summed E-state index contributed by atoms with van der Waals surface area (Å²) in [6.07, 6.45) is 1.67. The number of rotatable bonds is 5. The molecule has 30 heavy (non-hydrogen) atoms. The van der Waals surface area contributed by atoms with Gasteiger partial charge in [-0.2, -0.15) is 5.10 Å². The van der Waals surface area contributed by atoms with Crippen LogP contribution in [0, 0.1) is 6.92 Å². The van der Waals surface area contributed by atoms with E-state index < -0.39 is 15.7 Å². The van der Waals surface area contributed by atoms with Crippen LogP contribution in [0.2, 0.25) is 0 Å². The van der Waals surface area contributed by atoms with Crippen molar-refractivity contribution < 1.29 is 12.8 Å². The maximum absolute atomic E-state index is 14.7. The number of nitrogens with zero attached hydrogens (tertiary/aromatic N) is 3. The maximum Gasteiger partial charge on any atom is 0.263 e. The number of fused-ring (bicyclic) bond motifs is 1. The first-order chi connectivity index (χ1) is 14.1. The minimum atomic E-state index is -3.89. The molecule has 8 heteroatoms. The number of anilines is 1. The van der Waals surface area contributed by atoms with Crippen LogP contribution in [0.5, 0.6) is 0 Å². The van der Waals surface area contributed by atoms with E-state index in [1.54, 1.807) is 36.5 Å². The van der Waals surface area contributed by atoms with Gasteiger partial charge in [0.1, 0.15) is 17.2 Å². The van der Waals surface area contributed by atoms with Crippen LogP contribution in [0.15, 0.2) is 71.8 Å². The zero-order valence-corrected chi connectivity index (χ0v) is 17.6. The van der Waals surface area contributed by atoms with E-state index in [1.807, 2.05) is 19.1 Å².